The number of aryl methyl sites for hydroxylation is 2. The summed E-state index contributed by atoms with van der Waals surface area (Å²) in [5.41, 5.74) is 4.61. The summed E-state index contributed by atoms with van der Waals surface area (Å²) in [6.07, 6.45) is 0. The number of amides is 1. The molecule has 4 aromatic rings. The van der Waals surface area contributed by atoms with Crippen LogP contribution >= 0.6 is 11.6 Å². The summed E-state index contributed by atoms with van der Waals surface area (Å²) in [4.78, 5) is 22.4. The summed E-state index contributed by atoms with van der Waals surface area (Å²) in [7, 11) is 3.71. The van der Waals surface area contributed by atoms with E-state index >= 15 is 0 Å². The van der Waals surface area contributed by atoms with Crippen LogP contribution in [0, 0.1) is 6.92 Å². The van der Waals surface area contributed by atoms with E-state index in [0.29, 0.717) is 17.3 Å². The van der Waals surface area contributed by atoms with E-state index in [-0.39, 0.29) is 5.91 Å². The lowest BCUT2D eigenvalue weighted by atomic mass is 10.2. The number of nitrogens with one attached hydrogen (secondary N) is 1. The van der Waals surface area contributed by atoms with Crippen LogP contribution in [0.1, 0.15) is 21.9 Å². The molecule has 0 atom stereocenters. The first kappa shape index (κ1) is 16.7. The van der Waals surface area contributed by atoms with Crippen molar-refractivity contribution in [3.8, 4) is 0 Å². The number of H-pyrrole nitrogens is 1. The van der Waals surface area contributed by atoms with E-state index in [9.17, 15) is 4.79 Å². The topological polar surface area (TPSA) is 53.9 Å². The Labute approximate surface area is 156 Å². The predicted molar refractivity (Wildman–Crippen MR) is 105 cm³/mol. The van der Waals surface area contributed by atoms with E-state index in [1.807, 2.05) is 41.9 Å². The second-order valence-corrected chi connectivity index (χ2v) is 7.04. The molecule has 2 heterocycles. The van der Waals surface area contributed by atoms with Crippen molar-refractivity contribution < 1.29 is 4.79 Å². The van der Waals surface area contributed by atoms with Gasteiger partial charge in [0, 0.05) is 24.5 Å². The van der Waals surface area contributed by atoms with E-state index in [1.54, 1.807) is 18.0 Å². The highest BCUT2D eigenvalue weighted by molar-refractivity contribution is 6.31. The number of aromatic amines is 1. The number of rotatable bonds is 3. The van der Waals surface area contributed by atoms with E-state index < -0.39 is 0 Å². The van der Waals surface area contributed by atoms with Crippen molar-refractivity contribution in [2.24, 2.45) is 7.05 Å². The third-order valence-electron chi connectivity index (χ3n) is 4.70. The van der Waals surface area contributed by atoms with Crippen LogP contribution in [0.2, 0.25) is 5.02 Å². The minimum atomic E-state index is -0.0402. The first-order valence-electron chi connectivity index (χ1n) is 8.38. The Morgan fingerprint density at radius 3 is 2.85 bits per heavy atom. The molecule has 2 aromatic carbocycles. The number of carbonyl (C=O) groups is 1. The van der Waals surface area contributed by atoms with Gasteiger partial charge in [0.15, 0.2) is 0 Å². The number of benzene rings is 2. The first-order chi connectivity index (χ1) is 12.4. The Morgan fingerprint density at radius 1 is 1.27 bits per heavy atom. The number of para-hydroxylation sites is 1. The fourth-order valence-electron chi connectivity index (χ4n) is 3.43. The van der Waals surface area contributed by atoms with Gasteiger partial charge in [0.2, 0.25) is 0 Å². The molecule has 0 unspecified atom stereocenters. The van der Waals surface area contributed by atoms with Gasteiger partial charge in [0.1, 0.15) is 11.5 Å². The van der Waals surface area contributed by atoms with E-state index in [2.05, 4.69) is 23.0 Å². The molecule has 2 aromatic heterocycles. The second-order valence-electron chi connectivity index (χ2n) is 6.61. The van der Waals surface area contributed by atoms with Crippen molar-refractivity contribution in [2.75, 3.05) is 7.05 Å². The number of fused-ring (bicyclic) bond motifs is 2. The van der Waals surface area contributed by atoms with Crippen molar-refractivity contribution in [3.63, 3.8) is 0 Å². The molecule has 0 fully saturated rings. The minimum Gasteiger partial charge on any atom is -0.340 e. The number of aromatic nitrogens is 3. The van der Waals surface area contributed by atoms with Gasteiger partial charge in [-0.05, 0) is 36.8 Å². The number of hydrogen-bond acceptors (Lipinski definition) is 2. The summed E-state index contributed by atoms with van der Waals surface area (Å²) >= 11 is 6.02. The summed E-state index contributed by atoms with van der Waals surface area (Å²) in [5.74, 6) is 0.689. The summed E-state index contributed by atoms with van der Waals surface area (Å²) in [6.45, 7) is 2.45. The van der Waals surface area contributed by atoms with Crippen molar-refractivity contribution in [3.05, 3.63) is 64.6 Å². The van der Waals surface area contributed by atoms with Crippen LogP contribution in [0.4, 0.5) is 0 Å². The van der Waals surface area contributed by atoms with Gasteiger partial charge in [0.05, 0.1) is 23.1 Å². The quantitative estimate of drug-likeness (QED) is 0.588. The van der Waals surface area contributed by atoms with E-state index in [0.717, 1.165) is 33.3 Å². The number of halogens is 1. The molecule has 6 heteroatoms. The molecule has 0 aliphatic heterocycles. The molecule has 0 radical (unpaired) electrons. The Hall–Kier alpha value is -2.79. The van der Waals surface area contributed by atoms with Crippen LogP contribution in [0.15, 0.2) is 42.5 Å². The Balaban J connectivity index is 1.63. The molecule has 0 aliphatic rings. The summed E-state index contributed by atoms with van der Waals surface area (Å²) in [5, 5.41) is 1.73. The lowest BCUT2D eigenvalue weighted by molar-refractivity contribution is 0.0773. The van der Waals surface area contributed by atoms with Crippen LogP contribution in [-0.4, -0.2) is 32.4 Å². The Kier molecular flexibility index (Phi) is 3.96. The smallest absolute Gasteiger partial charge is 0.270 e. The highest BCUT2D eigenvalue weighted by atomic mass is 35.5. The standard InChI is InChI=1S/C20H19ClN4O/c1-12-5-4-6-13-9-17(25(3)19(12)13)20(26)24(2)11-18-22-15-8-7-14(21)10-16(15)23-18/h4-10H,11H2,1-3H3,(H,22,23). The molecule has 1 N–H and O–H groups in total. The number of imidazole rings is 1. The van der Waals surface area contributed by atoms with Crippen LogP contribution in [0.5, 0.6) is 0 Å². The minimum absolute atomic E-state index is 0.0402. The van der Waals surface area contributed by atoms with Crippen molar-refractivity contribution in [1.29, 1.82) is 0 Å². The third kappa shape index (κ3) is 2.74. The third-order valence-corrected chi connectivity index (χ3v) is 4.94. The molecule has 0 aliphatic carbocycles. The Bertz CT molecular complexity index is 1140. The molecule has 4 rings (SSSR count). The maximum atomic E-state index is 13.0. The monoisotopic (exact) mass is 366 g/mol. The fraction of sp³-hybridized carbons (Fsp3) is 0.200. The van der Waals surface area contributed by atoms with Crippen molar-refractivity contribution in [2.45, 2.75) is 13.5 Å². The highest BCUT2D eigenvalue weighted by Crippen LogP contribution is 2.23. The lowest BCUT2D eigenvalue weighted by Crippen LogP contribution is -2.28. The summed E-state index contributed by atoms with van der Waals surface area (Å²) in [6, 6.07) is 13.5. The molecular weight excluding hydrogens is 348 g/mol. The van der Waals surface area contributed by atoms with Crippen LogP contribution < -0.4 is 0 Å². The SMILES string of the molecule is Cc1cccc2cc(C(=O)N(C)Cc3nc4ccc(Cl)cc4[nH]3)n(C)c12. The molecule has 0 saturated heterocycles. The van der Waals surface area contributed by atoms with Crippen molar-refractivity contribution >= 4 is 39.4 Å². The molecule has 26 heavy (non-hydrogen) atoms. The first-order valence-corrected chi connectivity index (χ1v) is 8.76. The average molecular weight is 367 g/mol. The maximum absolute atomic E-state index is 13.0. The zero-order valence-corrected chi connectivity index (χ0v) is 15.6. The van der Waals surface area contributed by atoms with E-state index in [1.165, 1.54) is 0 Å². The molecular formula is C20H19ClN4O. The van der Waals surface area contributed by atoms with E-state index in [4.69, 9.17) is 11.6 Å². The molecule has 1 amide bonds. The van der Waals surface area contributed by atoms with Gasteiger partial charge < -0.3 is 14.5 Å². The zero-order chi connectivity index (χ0) is 18.4. The largest absolute Gasteiger partial charge is 0.340 e. The fourth-order valence-corrected chi connectivity index (χ4v) is 3.60. The van der Waals surface area contributed by atoms with Gasteiger partial charge in [-0.3, -0.25) is 4.79 Å². The maximum Gasteiger partial charge on any atom is 0.270 e. The molecule has 5 nitrogen and oxygen atoms in total. The van der Waals surface area contributed by atoms with Gasteiger partial charge in [-0.15, -0.1) is 0 Å². The molecule has 0 saturated carbocycles. The van der Waals surface area contributed by atoms with Gasteiger partial charge in [-0.25, -0.2) is 4.98 Å². The number of nitrogens with zero attached hydrogens (tertiary/aromatic N) is 3. The van der Waals surface area contributed by atoms with Crippen molar-refractivity contribution in [1.82, 2.24) is 19.4 Å². The van der Waals surface area contributed by atoms with Gasteiger partial charge in [-0.1, -0.05) is 29.8 Å². The molecule has 0 spiro atoms. The number of carbonyl (C=O) groups excluding carboxylic acids is 1. The summed E-state index contributed by atoms with van der Waals surface area (Å²) < 4.78 is 1.96. The highest BCUT2D eigenvalue weighted by Gasteiger charge is 2.19. The Morgan fingerprint density at radius 2 is 2.08 bits per heavy atom. The van der Waals surface area contributed by atoms with Gasteiger partial charge in [0.25, 0.3) is 5.91 Å². The zero-order valence-electron chi connectivity index (χ0n) is 14.9. The van der Waals surface area contributed by atoms with Crippen LogP contribution in [0.25, 0.3) is 21.9 Å². The normalized spacial score (nSPS) is 11.4. The lowest BCUT2D eigenvalue weighted by Gasteiger charge is -2.16. The van der Waals surface area contributed by atoms with Gasteiger partial charge in [-0.2, -0.15) is 0 Å². The van der Waals surface area contributed by atoms with Gasteiger partial charge >= 0.3 is 0 Å². The predicted octanol–water partition coefficient (Wildman–Crippen LogP) is 4.29. The molecule has 132 valence electrons. The molecule has 0 bridgehead atoms. The average Bonchev–Trinajstić information content (AvgIpc) is 3.15. The second kappa shape index (κ2) is 6.18. The van der Waals surface area contributed by atoms with Crippen LogP contribution in [-0.2, 0) is 13.6 Å². The van der Waals surface area contributed by atoms with Crippen LogP contribution in [0.3, 0.4) is 0 Å². The number of hydrogen-bond donors (Lipinski definition) is 1.